The van der Waals surface area contributed by atoms with E-state index < -0.39 is 94.5 Å². The fraction of sp³-hybridized carbons (Fsp3) is 0.417. The number of hydrogen-bond donors (Lipinski definition) is 9. The smallest absolute Gasteiger partial charge is 0.352 e. The first-order valence-electron chi connectivity index (χ1n) is 17.0. The van der Waals surface area contributed by atoms with Crippen molar-refractivity contribution >= 4 is 53.1 Å². The van der Waals surface area contributed by atoms with Crippen molar-refractivity contribution in [2.75, 3.05) is 13.6 Å². The quantitative estimate of drug-likeness (QED) is 0.109. The van der Waals surface area contributed by atoms with E-state index in [-0.39, 0.29) is 52.9 Å². The van der Waals surface area contributed by atoms with E-state index >= 15 is 0 Å². The molecule has 18 nitrogen and oxygen atoms in total. The van der Waals surface area contributed by atoms with Gasteiger partial charge in [-0.3, -0.25) is 24.0 Å². The number of amides is 5. The van der Waals surface area contributed by atoms with E-state index in [2.05, 4.69) is 27.8 Å². The molecule has 55 heavy (non-hydrogen) atoms. The third-order valence-corrected chi connectivity index (χ3v) is 9.51. The fourth-order valence-corrected chi connectivity index (χ4v) is 5.95. The van der Waals surface area contributed by atoms with Crippen molar-refractivity contribution in [3.63, 3.8) is 0 Å². The van der Waals surface area contributed by atoms with Crippen LogP contribution >= 0.6 is 11.6 Å². The Morgan fingerprint density at radius 2 is 1.75 bits per heavy atom. The van der Waals surface area contributed by atoms with Crippen LogP contribution in [-0.2, 0) is 33.6 Å². The molecule has 0 radical (unpaired) electrons. The number of phenols is 1. The molecule has 2 heterocycles. The van der Waals surface area contributed by atoms with Crippen LogP contribution in [0.25, 0.3) is 0 Å². The maximum Gasteiger partial charge on any atom is 0.352 e. The summed E-state index contributed by atoms with van der Waals surface area (Å²) in [7, 11) is 1.40. The highest BCUT2D eigenvalue weighted by Crippen LogP contribution is 2.41. The molecule has 9 N–H and O–H groups in total. The maximum atomic E-state index is 14.7. The molecule has 2 aliphatic rings. The van der Waals surface area contributed by atoms with Crippen LogP contribution in [0.15, 0.2) is 59.5 Å². The van der Waals surface area contributed by atoms with Gasteiger partial charge in [0.1, 0.15) is 47.3 Å². The predicted molar refractivity (Wildman–Crippen MR) is 196 cm³/mol. The second-order valence-electron chi connectivity index (χ2n) is 13.1. The van der Waals surface area contributed by atoms with Crippen molar-refractivity contribution < 1.29 is 58.7 Å². The minimum absolute atomic E-state index is 0.0204. The number of nitrogens with zero attached hydrogens (tertiary/aromatic N) is 1. The molecule has 5 amide bonds. The summed E-state index contributed by atoms with van der Waals surface area (Å²) < 4.78 is 6.29. The number of carbonyl (C=O) groups is 7. The minimum atomic E-state index is -1.75. The number of hydrogen-bond acceptors (Lipinski definition) is 11. The second-order valence-corrected chi connectivity index (χ2v) is 13.5. The van der Waals surface area contributed by atoms with Gasteiger partial charge < -0.3 is 56.6 Å². The number of carboxylic acid groups (broad SMARTS) is 2. The number of aliphatic hydroxyl groups excluding tert-OH is 1. The Balaban J connectivity index is 2.11. The van der Waals surface area contributed by atoms with Crippen molar-refractivity contribution in [1.82, 2.24) is 31.5 Å². The number of aromatic hydroxyl groups is 1. The van der Waals surface area contributed by atoms with Crippen molar-refractivity contribution in [2.45, 2.75) is 83.3 Å². The minimum Gasteiger partial charge on any atom is -0.503 e. The highest BCUT2D eigenvalue weighted by atomic mass is 35.5. The van der Waals surface area contributed by atoms with Crippen LogP contribution in [0.2, 0.25) is 5.02 Å². The van der Waals surface area contributed by atoms with Crippen LogP contribution in [0, 0.1) is 0 Å². The molecule has 3 rings (SSSR count). The van der Waals surface area contributed by atoms with E-state index in [0.717, 1.165) is 4.90 Å². The van der Waals surface area contributed by atoms with Crippen molar-refractivity contribution in [3.05, 3.63) is 70.1 Å². The summed E-state index contributed by atoms with van der Waals surface area (Å²) in [5.74, 6) is -8.94. The van der Waals surface area contributed by atoms with E-state index in [0.29, 0.717) is 0 Å². The van der Waals surface area contributed by atoms with Crippen molar-refractivity contribution in [2.24, 2.45) is 0 Å². The highest BCUT2D eigenvalue weighted by Gasteiger charge is 2.47. The van der Waals surface area contributed by atoms with E-state index in [4.69, 9.17) is 21.4 Å². The van der Waals surface area contributed by atoms with E-state index in [9.17, 15) is 48.9 Å². The first-order chi connectivity index (χ1) is 25.7. The molecule has 2 aliphatic heterocycles. The monoisotopic (exact) mass is 788 g/mol. The molecule has 19 heteroatoms. The lowest BCUT2D eigenvalue weighted by Gasteiger charge is -2.40. The summed E-state index contributed by atoms with van der Waals surface area (Å²) in [6.07, 6.45) is 1.71. The SMILES string of the molecule is C=C(C)C1NC(=O)C(NC)[C@@H](O)c2cc(Cl)c(O)c(c2)O[C@](C)(CC)[C@@H](C(=O)N2CC=C[C@H]2C(=O)N/C(C(=O)N/C(=C/C(=O)O)C(=O)O)=C(\C)CC)NC1=O. The third-order valence-electron chi connectivity index (χ3n) is 9.22. The van der Waals surface area contributed by atoms with Gasteiger partial charge in [0.25, 0.3) is 17.7 Å². The average molecular weight is 789 g/mol. The molecular formula is C36H45ClN6O12. The second kappa shape index (κ2) is 18.1. The maximum absolute atomic E-state index is 14.7. The zero-order chi connectivity index (χ0) is 41.5. The zero-order valence-electron chi connectivity index (χ0n) is 31.0. The van der Waals surface area contributed by atoms with Gasteiger partial charge in [0.2, 0.25) is 11.8 Å². The average Bonchev–Trinajstić information content (AvgIpc) is 3.62. The number of halogens is 1. The molecule has 6 atom stereocenters. The van der Waals surface area contributed by atoms with Crippen LogP contribution < -0.4 is 31.3 Å². The van der Waals surface area contributed by atoms with E-state index in [1.807, 2.05) is 5.32 Å². The van der Waals surface area contributed by atoms with Crippen LogP contribution in [-0.4, -0.2) is 110 Å². The van der Waals surface area contributed by atoms with Gasteiger partial charge in [0.05, 0.1) is 11.1 Å². The van der Waals surface area contributed by atoms with Crippen LogP contribution in [0.4, 0.5) is 0 Å². The molecular weight excluding hydrogens is 744 g/mol. The lowest BCUT2D eigenvalue weighted by molar-refractivity contribution is -0.146. The standard InChI is InChI=1S/C36H45ClN6O12/c1-8-17(5)25(32(50)39-20(35(53)54)15-23(44)45)41-30(48)21-11-10-12-43(21)34(52)29-36(6,9-2)55-22-14-18(13-19(37)28(22)47)27(46)26(38-7)33(51)40-24(16(3)4)31(49)42-29/h10-11,13-15,21,24,26-27,29,38,46-47H,3,8-9,12H2,1-2,4-7H3,(H,39,50)(H,40,51)(H,41,48)(H,42,49)(H,44,45)(H,53,54)/b20-15+,25-17+/t21-,24?,26?,27-,29+,36+/m0/s1. The number of allylic oxidation sites excluding steroid dienone is 1. The molecule has 0 saturated heterocycles. The third kappa shape index (κ3) is 9.88. The van der Waals surface area contributed by atoms with Gasteiger partial charge in [-0.1, -0.05) is 44.2 Å². The van der Waals surface area contributed by atoms with E-state index in [1.165, 1.54) is 52.1 Å². The molecule has 1 aromatic carbocycles. The first-order valence-corrected chi connectivity index (χ1v) is 17.4. The van der Waals surface area contributed by atoms with Crippen molar-refractivity contribution in [3.8, 4) is 11.5 Å². The van der Waals surface area contributed by atoms with Gasteiger partial charge in [-0.05, 0) is 69.5 Å². The normalized spacial score (nSPS) is 24.8. The lowest BCUT2D eigenvalue weighted by atomic mass is 9.90. The summed E-state index contributed by atoms with van der Waals surface area (Å²) in [6.45, 7) is 11.3. The number of aliphatic hydroxyl groups is 1. The Labute approximate surface area is 321 Å². The van der Waals surface area contributed by atoms with Gasteiger partial charge in [-0.2, -0.15) is 0 Å². The number of carbonyl (C=O) groups excluding carboxylic acids is 5. The Morgan fingerprint density at radius 1 is 1.09 bits per heavy atom. The number of carboxylic acids is 2. The molecule has 2 unspecified atom stereocenters. The van der Waals surface area contributed by atoms with Gasteiger partial charge >= 0.3 is 11.9 Å². The summed E-state index contributed by atoms with van der Waals surface area (Å²) in [5.41, 5.74) is -2.62. The number of likely N-dealkylation sites (N-methyl/N-ethyl adjacent to an activating group) is 1. The van der Waals surface area contributed by atoms with Crippen LogP contribution in [0.1, 0.15) is 59.1 Å². The number of fused-ring (bicyclic) bond motifs is 2. The number of nitrogens with one attached hydrogen (secondary N) is 5. The molecule has 0 fully saturated rings. The molecule has 1 aromatic rings. The molecule has 2 bridgehead atoms. The van der Waals surface area contributed by atoms with Gasteiger partial charge in [-0.15, -0.1) is 0 Å². The molecule has 0 aromatic heterocycles. The van der Waals surface area contributed by atoms with Gasteiger partial charge in [0, 0.05) is 6.54 Å². The summed E-state index contributed by atoms with van der Waals surface area (Å²) in [4.78, 5) is 92.9. The molecule has 0 spiro atoms. The lowest BCUT2D eigenvalue weighted by Crippen LogP contribution is -2.65. The Morgan fingerprint density at radius 3 is 2.29 bits per heavy atom. The predicted octanol–water partition coefficient (Wildman–Crippen LogP) is 0.510. The molecule has 298 valence electrons. The number of benzene rings is 1. The zero-order valence-corrected chi connectivity index (χ0v) is 31.7. The fourth-order valence-electron chi connectivity index (χ4n) is 5.73. The van der Waals surface area contributed by atoms with E-state index in [1.54, 1.807) is 13.8 Å². The molecule has 0 aliphatic carbocycles. The largest absolute Gasteiger partial charge is 0.503 e. The van der Waals surface area contributed by atoms with Gasteiger partial charge in [-0.25, -0.2) is 9.59 Å². The molecule has 0 saturated carbocycles. The Bertz CT molecular complexity index is 1880. The highest BCUT2D eigenvalue weighted by molar-refractivity contribution is 6.32. The Kier molecular flexibility index (Phi) is 14.4. The first kappa shape index (κ1) is 43.7. The summed E-state index contributed by atoms with van der Waals surface area (Å²) in [6, 6.07) is -3.37. The number of rotatable bonds is 11. The topological polar surface area (TPSA) is 273 Å². The summed E-state index contributed by atoms with van der Waals surface area (Å²) in [5, 5.41) is 52.6. The van der Waals surface area contributed by atoms with Crippen LogP contribution in [0.3, 0.4) is 0 Å². The number of ether oxygens (including phenoxy) is 1. The summed E-state index contributed by atoms with van der Waals surface area (Å²) >= 11 is 6.33. The van der Waals surface area contributed by atoms with Crippen molar-refractivity contribution in [1.29, 1.82) is 0 Å². The van der Waals surface area contributed by atoms with Gasteiger partial charge in [0.15, 0.2) is 11.5 Å². The van der Waals surface area contributed by atoms with Crippen LogP contribution in [0.5, 0.6) is 11.5 Å². The number of phenolic OH excluding ortho intramolecular Hbond substituents is 1. The number of aliphatic carboxylic acids is 2. The Hall–Kier alpha value is -5.72.